The van der Waals surface area contributed by atoms with Gasteiger partial charge in [-0.05, 0) is 19.4 Å². The van der Waals surface area contributed by atoms with Crippen molar-refractivity contribution in [1.29, 1.82) is 0 Å². The van der Waals surface area contributed by atoms with Gasteiger partial charge in [0.1, 0.15) is 5.82 Å². The van der Waals surface area contributed by atoms with Crippen molar-refractivity contribution >= 4 is 0 Å². The molecule has 2 nitrogen and oxygen atoms in total. The molecule has 0 heterocycles. The predicted octanol–water partition coefficient (Wildman–Crippen LogP) is 2.56. The standard InChI is InChI=1S/C12H18FNO/c1-4-11(15-3)12(14)9-7-8(2)5-6-10(9)13/h5-7,11-12H,4,14H2,1-3H3. The number of benzene rings is 1. The molecule has 15 heavy (non-hydrogen) atoms. The molecule has 84 valence electrons. The minimum Gasteiger partial charge on any atom is -0.379 e. The Morgan fingerprint density at radius 3 is 2.67 bits per heavy atom. The van der Waals surface area contributed by atoms with Crippen LogP contribution in [0.5, 0.6) is 0 Å². The van der Waals surface area contributed by atoms with Crippen molar-refractivity contribution in [2.24, 2.45) is 5.73 Å². The highest BCUT2D eigenvalue weighted by atomic mass is 19.1. The second-order valence-corrected chi connectivity index (χ2v) is 3.73. The van der Waals surface area contributed by atoms with Crippen LogP contribution in [0.1, 0.15) is 30.5 Å². The first-order valence-electron chi connectivity index (χ1n) is 5.14. The summed E-state index contributed by atoms with van der Waals surface area (Å²) in [5.41, 5.74) is 7.50. The molecule has 0 radical (unpaired) electrons. The lowest BCUT2D eigenvalue weighted by molar-refractivity contribution is 0.0761. The van der Waals surface area contributed by atoms with Crippen LogP contribution in [0.3, 0.4) is 0 Å². The molecule has 0 spiro atoms. The van der Waals surface area contributed by atoms with Gasteiger partial charge in [-0.15, -0.1) is 0 Å². The van der Waals surface area contributed by atoms with E-state index >= 15 is 0 Å². The number of nitrogens with two attached hydrogens (primary N) is 1. The summed E-state index contributed by atoms with van der Waals surface area (Å²) in [4.78, 5) is 0. The zero-order chi connectivity index (χ0) is 11.4. The van der Waals surface area contributed by atoms with Gasteiger partial charge in [0.25, 0.3) is 0 Å². The summed E-state index contributed by atoms with van der Waals surface area (Å²) in [6.07, 6.45) is 0.631. The molecule has 0 saturated carbocycles. The third kappa shape index (κ3) is 2.76. The van der Waals surface area contributed by atoms with E-state index in [0.29, 0.717) is 5.56 Å². The van der Waals surface area contributed by atoms with Crippen LogP contribution in [0.15, 0.2) is 18.2 Å². The molecule has 0 fully saturated rings. The number of aryl methyl sites for hydroxylation is 1. The average molecular weight is 211 g/mol. The van der Waals surface area contributed by atoms with Crippen LogP contribution in [0.2, 0.25) is 0 Å². The average Bonchev–Trinajstić information content (AvgIpc) is 2.23. The molecular weight excluding hydrogens is 193 g/mol. The van der Waals surface area contributed by atoms with Gasteiger partial charge in [-0.25, -0.2) is 4.39 Å². The molecule has 2 atom stereocenters. The lowest BCUT2D eigenvalue weighted by atomic mass is 9.98. The molecule has 0 saturated heterocycles. The summed E-state index contributed by atoms with van der Waals surface area (Å²) < 4.78 is 18.7. The predicted molar refractivity (Wildman–Crippen MR) is 59.2 cm³/mol. The van der Waals surface area contributed by atoms with Crippen LogP contribution in [-0.2, 0) is 4.74 Å². The normalized spacial score (nSPS) is 15.0. The van der Waals surface area contributed by atoms with Gasteiger partial charge in [0.05, 0.1) is 12.1 Å². The van der Waals surface area contributed by atoms with E-state index < -0.39 is 6.04 Å². The Bertz CT molecular complexity index is 323. The van der Waals surface area contributed by atoms with Gasteiger partial charge in [-0.2, -0.15) is 0 Å². The van der Waals surface area contributed by atoms with E-state index in [4.69, 9.17) is 10.5 Å². The molecule has 0 aliphatic carbocycles. The fraction of sp³-hybridized carbons (Fsp3) is 0.500. The number of hydrogen-bond acceptors (Lipinski definition) is 2. The first-order chi connectivity index (χ1) is 7.10. The first-order valence-corrected chi connectivity index (χ1v) is 5.14. The Morgan fingerprint density at radius 2 is 2.13 bits per heavy atom. The molecule has 0 aromatic heterocycles. The van der Waals surface area contributed by atoms with E-state index in [2.05, 4.69) is 0 Å². The van der Waals surface area contributed by atoms with Gasteiger partial charge in [0, 0.05) is 12.7 Å². The van der Waals surface area contributed by atoms with Gasteiger partial charge >= 0.3 is 0 Å². The highest BCUT2D eigenvalue weighted by Crippen LogP contribution is 2.22. The van der Waals surface area contributed by atoms with Crippen molar-refractivity contribution in [1.82, 2.24) is 0 Å². The molecule has 0 aliphatic rings. The molecule has 0 aliphatic heterocycles. The van der Waals surface area contributed by atoms with Crippen LogP contribution in [0.25, 0.3) is 0 Å². The molecule has 3 heteroatoms. The first kappa shape index (κ1) is 12.1. The van der Waals surface area contributed by atoms with E-state index in [9.17, 15) is 4.39 Å². The number of methoxy groups -OCH3 is 1. The summed E-state index contributed by atoms with van der Waals surface area (Å²) in [6, 6.07) is 4.56. The van der Waals surface area contributed by atoms with Crippen LogP contribution < -0.4 is 5.73 Å². The third-order valence-electron chi connectivity index (χ3n) is 2.62. The van der Waals surface area contributed by atoms with E-state index in [1.54, 1.807) is 19.2 Å². The minimum absolute atomic E-state index is 0.138. The Hall–Kier alpha value is -0.930. The highest BCUT2D eigenvalue weighted by Gasteiger charge is 2.20. The molecular formula is C12H18FNO. The highest BCUT2D eigenvalue weighted by molar-refractivity contribution is 5.27. The van der Waals surface area contributed by atoms with Crippen LogP contribution in [-0.4, -0.2) is 13.2 Å². The Balaban J connectivity index is 2.98. The van der Waals surface area contributed by atoms with Crippen molar-refractivity contribution in [3.63, 3.8) is 0 Å². The van der Waals surface area contributed by atoms with Crippen molar-refractivity contribution in [3.05, 3.63) is 35.1 Å². The lowest BCUT2D eigenvalue weighted by Gasteiger charge is -2.22. The largest absolute Gasteiger partial charge is 0.379 e. The van der Waals surface area contributed by atoms with Gasteiger partial charge in [-0.3, -0.25) is 0 Å². The topological polar surface area (TPSA) is 35.2 Å². The molecule has 1 aromatic rings. The van der Waals surface area contributed by atoms with Gasteiger partial charge in [-0.1, -0.05) is 24.6 Å². The molecule has 1 aromatic carbocycles. The van der Waals surface area contributed by atoms with Gasteiger partial charge in [0.15, 0.2) is 0 Å². The van der Waals surface area contributed by atoms with E-state index in [-0.39, 0.29) is 11.9 Å². The zero-order valence-electron chi connectivity index (χ0n) is 9.46. The van der Waals surface area contributed by atoms with E-state index in [1.807, 2.05) is 13.8 Å². The van der Waals surface area contributed by atoms with Crippen molar-refractivity contribution < 1.29 is 9.13 Å². The maximum absolute atomic E-state index is 13.5. The van der Waals surface area contributed by atoms with Crippen molar-refractivity contribution in [3.8, 4) is 0 Å². The van der Waals surface area contributed by atoms with Crippen LogP contribution >= 0.6 is 0 Å². The smallest absolute Gasteiger partial charge is 0.128 e. The second kappa shape index (κ2) is 5.24. The van der Waals surface area contributed by atoms with Gasteiger partial charge < -0.3 is 10.5 Å². The SMILES string of the molecule is CCC(OC)C(N)c1cc(C)ccc1F. The number of ether oxygens (including phenoxy) is 1. The summed E-state index contributed by atoms with van der Waals surface area (Å²) in [7, 11) is 1.60. The lowest BCUT2D eigenvalue weighted by Crippen LogP contribution is -2.28. The molecule has 0 bridgehead atoms. The van der Waals surface area contributed by atoms with Crippen LogP contribution in [0, 0.1) is 12.7 Å². The van der Waals surface area contributed by atoms with E-state index in [0.717, 1.165) is 12.0 Å². The quantitative estimate of drug-likeness (QED) is 0.830. The molecule has 2 N–H and O–H groups in total. The van der Waals surface area contributed by atoms with Crippen molar-refractivity contribution in [2.75, 3.05) is 7.11 Å². The zero-order valence-corrected chi connectivity index (χ0v) is 9.46. The van der Waals surface area contributed by atoms with E-state index in [1.165, 1.54) is 6.07 Å². The monoisotopic (exact) mass is 211 g/mol. The Labute approximate surface area is 90.2 Å². The second-order valence-electron chi connectivity index (χ2n) is 3.73. The summed E-state index contributed by atoms with van der Waals surface area (Å²) in [5.74, 6) is -0.261. The Morgan fingerprint density at radius 1 is 1.47 bits per heavy atom. The number of halogens is 1. The molecule has 2 unspecified atom stereocenters. The fourth-order valence-corrected chi connectivity index (χ4v) is 1.69. The minimum atomic E-state index is -0.403. The van der Waals surface area contributed by atoms with Crippen molar-refractivity contribution in [2.45, 2.75) is 32.4 Å². The summed E-state index contributed by atoms with van der Waals surface area (Å²) >= 11 is 0. The summed E-state index contributed by atoms with van der Waals surface area (Å²) in [5, 5.41) is 0. The van der Waals surface area contributed by atoms with Crippen LogP contribution in [0.4, 0.5) is 4.39 Å². The van der Waals surface area contributed by atoms with Gasteiger partial charge in [0.2, 0.25) is 0 Å². The Kier molecular flexibility index (Phi) is 4.24. The summed E-state index contributed by atoms with van der Waals surface area (Å²) in [6.45, 7) is 3.89. The molecule has 1 rings (SSSR count). The third-order valence-corrected chi connectivity index (χ3v) is 2.62. The number of hydrogen-bond donors (Lipinski definition) is 1. The maximum atomic E-state index is 13.5. The number of rotatable bonds is 4. The molecule has 0 amide bonds. The fourth-order valence-electron chi connectivity index (χ4n) is 1.69. The maximum Gasteiger partial charge on any atom is 0.128 e.